The molecule has 1 atom stereocenters. The van der Waals surface area contributed by atoms with Crippen LogP contribution in [0.2, 0.25) is 5.02 Å². The molecule has 4 heterocycles. The molecule has 2 aromatic heterocycles. The number of hydrogen-bond donors (Lipinski definition) is 0. The predicted molar refractivity (Wildman–Crippen MR) is 115 cm³/mol. The summed E-state index contributed by atoms with van der Waals surface area (Å²) in [6.07, 6.45) is 7.80. The Bertz CT molecular complexity index is 1060. The highest BCUT2D eigenvalue weighted by atomic mass is 35.5. The van der Waals surface area contributed by atoms with Gasteiger partial charge in [0, 0.05) is 54.3 Å². The number of likely N-dealkylation sites (tertiary alicyclic amines) is 1. The number of piperidine rings is 1. The molecule has 0 aliphatic carbocycles. The Balaban J connectivity index is 1.40. The molecule has 3 aromatic rings. The third-order valence-corrected chi connectivity index (χ3v) is 6.11. The first-order chi connectivity index (χ1) is 14.7. The molecule has 0 bridgehead atoms. The van der Waals surface area contributed by atoms with Gasteiger partial charge in [0.1, 0.15) is 5.82 Å². The highest BCUT2D eigenvalue weighted by Gasteiger charge is 2.26. The van der Waals surface area contributed by atoms with E-state index in [1.54, 1.807) is 0 Å². The van der Waals surface area contributed by atoms with Crippen LogP contribution >= 0.6 is 11.6 Å². The van der Waals surface area contributed by atoms with E-state index in [9.17, 15) is 0 Å². The Kier molecular flexibility index (Phi) is 5.27. The van der Waals surface area contributed by atoms with E-state index in [1.807, 2.05) is 49.8 Å². The van der Waals surface area contributed by atoms with E-state index < -0.39 is 0 Å². The number of pyridine rings is 1. The van der Waals surface area contributed by atoms with Crippen molar-refractivity contribution in [1.29, 1.82) is 0 Å². The largest absolute Gasteiger partial charge is 0.454 e. The van der Waals surface area contributed by atoms with Gasteiger partial charge in [-0.05, 0) is 55.6 Å². The van der Waals surface area contributed by atoms with Crippen molar-refractivity contribution in [3.05, 3.63) is 65.0 Å². The molecule has 30 heavy (non-hydrogen) atoms. The topological polar surface area (TPSA) is 60.4 Å². The van der Waals surface area contributed by atoms with E-state index in [0.717, 1.165) is 77.2 Å². The number of aryl methyl sites for hydroxylation is 1. The van der Waals surface area contributed by atoms with Gasteiger partial charge in [0.05, 0.1) is 5.69 Å². The molecule has 0 radical (unpaired) electrons. The summed E-state index contributed by atoms with van der Waals surface area (Å²) in [6.45, 7) is 4.95. The minimum Gasteiger partial charge on any atom is -0.454 e. The number of hydrogen-bond acceptors (Lipinski definition) is 6. The van der Waals surface area contributed by atoms with Crippen LogP contribution in [0.4, 0.5) is 0 Å². The second-order valence-corrected chi connectivity index (χ2v) is 8.23. The molecule has 0 unspecified atom stereocenters. The van der Waals surface area contributed by atoms with Crippen LogP contribution in [0.3, 0.4) is 0 Å². The summed E-state index contributed by atoms with van der Waals surface area (Å²) in [5.41, 5.74) is 4.39. The maximum absolute atomic E-state index is 6.52. The van der Waals surface area contributed by atoms with E-state index in [2.05, 4.69) is 14.9 Å². The molecule has 0 spiro atoms. The van der Waals surface area contributed by atoms with Gasteiger partial charge in [-0.2, -0.15) is 0 Å². The lowest BCUT2D eigenvalue weighted by molar-refractivity contribution is 0.173. The van der Waals surface area contributed by atoms with E-state index >= 15 is 0 Å². The minimum atomic E-state index is 0.256. The molecular formula is C23H23ClN4O2. The minimum absolute atomic E-state index is 0.256. The van der Waals surface area contributed by atoms with Crippen LogP contribution in [-0.4, -0.2) is 39.7 Å². The highest BCUT2D eigenvalue weighted by molar-refractivity contribution is 6.31. The first-order valence-electron chi connectivity index (χ1n) is 10.2. The number of benzene rings is 1. The van der Waals surface area contributed by atoms with Crippen molar-refractivity contribution in [2.75, 3.05) is 19.9 Å². The van der Waals surface area contributed by atoms with Crippen LogP contribution in [0.15, 0.2) is 42.9 Å². The highest BCUT2D eigenvalue weighted by Crippen LogP contribution is 2.38. The van der Waals surface area contributed by atoms with Crippen LogP contribution in [0.5, 0.6) is 11.5 Å². The lowest BCUT2D eigenvalue weighted by atomic mass is 9.90. The molecule has 0 saturated carbocycles. The molecule has 1 aromatic carbocycles. The van der Waals surface area contributed by atoms with Crippen LogP contribution < -0.4 is 9.47 Å². The SMILES string of the molecule is Cc1ncc(-c2ccncc2)c([C@@H]2CCCN(Cc3cc4c(cc3Cl)OCO4)C2)n1. The summed E-state index contributed by atoms with van der Waals surface area (Å²) in [6, 6.07) is 7.90. The Hall–Kier alpha value is -2.70. The van der Waals surface area contributed by atoms with Crippen molar-refractivity contribution in [1.82, 2.24) is 19.9 Å². The van der Waals surface area contributed by atoms with Gasteiger partial charge in [-0.1, -0.05) is 11.6 Å². The molecule has 2 aliphatic rings. The average molecular weight is 423 g/mol. The van der Waals surface area contributed by atoms with Crippen LogP contribution in [0, 0.1) is 6.92 Å². The zero-order valence-electron chi connectivity index (χ0n) is 16.8. The van der Waals surface area contributed by atoms with E-state index in [-0.39, 0.29) is 6.79 Å². The van der Waals surface area contributed by atoms with Gasteiger partial charge in [-0.15, -0.1) is 0 Å². The van der Waals surface area contributed by atoms with E-state index in [0.29, 0.717) is 5.92 Å². The summed E-state index contributed by atoms with van der Waals surface area (Å²) >= 11 is 6.52. The van der Waals surface area contributed by atoms with Crippen molar-refractivity contribution in [3.63, 3.8) is 0 Å². The third kappa shape index (κ3) is 3.85. The molecule has 1 fully saturated rings. The molecular weight excluding hydrogens is 400 g/mol. The molecule has 7 heteroatoms. The van der Waals surface area contributed by atoms with Gasteiger partial charge in [-0.25, -0.2) is 9.97 Å². The molecule has 0 N–H and O–H groups in total. The summed E-state index contributed by atoms with van der Waals surface area (Å²) in [5.74, 6) is 2.64. The first kappa shape index (κ1) is 19.3. The molecule has 0 amide bonds. The fraction of sp³-hybridized carbons (Fsp3) is 0.348. The number of rotatable bonds is 4. The quantitative estimate of drug-likeness (QED) is 0.612. The van der Waals surface area contributed by atoms with Crippen molar-refractivity contribution in [3.8, 4) is 22.6 Å². The van der Waals surface area contributed by atoms with Crippen molar-refractivity contribution in [2.45, 2.75) is 32.2 Å². The Morgan fingerprint density at radius 2 is 1.97 bits per heavy atom. The molecule has 6 nitrogen and oxygen atoms in total. The maximum Gasteiger partial charge on any atom is 0.231 e. The van der Waals surface area contributed by atoms with Crippen LogP contribution in [0.25, 0.3) is 11.1 Å². The summed E-state index contributed by atoms with van der Waals surface area (Å²) in [5, 5.41) is 0.719. The second kappa shape index (κ2) is 8.20. The average Bonchev–Trinajstić information content (AvgIpc) is 3.22. The second-order valence-electron chi connectivity index (χ2n) is 7.82. The van der Waals surface area contributed by atoms with Crippen molar-refractivity contribution >= 4 is 11.6 Å². The molecule has 5 rings (SSSR count). The lowest BCUT2D eigenvalue weighted by Gasteiger charge is -2.33. The van der Waals surface area contributed by atoms with E-state index in [4.69, 9.17) is 26.1 Å². The number of aromatic nitrogens is 3. The third-order valence-electron chi connectivity index (χ3n) is 5.76. The Morgan fingerprint density at radius 3 is 2.80 bits per heavy atom. The normalized spacial score (nSPS) is 18.5. The van der Waals surface area contributed by atoms with E-state index in [1.165, 1.54) is 0 Å². The molecule has 154 valence electrons. The monoisotopic (exact) mass is 422 g/mol. The smallest absolute Gasteiger partial charge is 0.231 e. The fourth-order valence-electron chi connectivity index (χ4n) is 4.30. The van der Waals surface area contributed by atoms with Gasteiger partial charge in [0.2, 0.25) is 6.79 Å². The molecule has 2 aliphatic heterocycles. The lowest BCUT2D eigenvalue weighted by Crippen LogP contribution is -2.34. The fourth-order valence-corrected chi connectivity index (χ4v) is 4.51. The van der Waals surface area contributed by atoms with Gasteiger partial charge in [-0.3, -0.25) is 9.88 Å². The number of nitrogens with zero attached hydrogens (tertiary/aromatic N) is 4. The van der Waals surface area contributed by atoms with Crippen LogP contribution in [0.1, 0.15) is 35.8 Å². The predicted octanol–water partition coefficient (Wildman–Crippen LogP) is 4.61. The summed E-state index contributed by atoms with van der Waals surface area (Å²) < 4.78 is 11.0. The van der Waals surface area contributed by atoms with Crippen molar-refractivity contribution in [2.24, 2.45) is 0 Å². The molecule has 1 saturated heterocycles. The van der Waals surface area contributed by atoms with Gasteiger partial charge >= 0.3 is 0 Å². The zero-order valence-corrected chi connectivity index (χ0v) is 17.6. The standard InChI is InChI=1S/C23H23ClN4O2/c1-15-26-11-19(16-4-6-25-7-5-16)23(27-15)17-3-2-8-28(12-17)13-18-9-21-22(10-20(18)24)30-14-29-21/h4-7,9-11,17H,2-3,8,12-14H2,1H3/t17-/m1/s1. The Morgan fingerprint density at radius 1 is 1.17 bits per heavy atom. The zero-order chi connectivity index (χ0) is 20.5. The maximum atomic E-state index is 6.52. The van der Waals surface area contributed by atoms with Gasteiger partial charge in [0.15, 0.2) is 11.5 Å². The Labute approximate surface area is 180 Å². The summed E-state index contributed by atoms with van der Waals surface area (Å²) in [4.78, 5) is 15.9. The number of halogens is 1. The van der Waals surface area contributed by atoms with Crippen molar-refractivity contribution < 1.29 is 9.47 Å². The van der Waals surface area contributed by atoms with Gasteiger partial charge in [0.25, 0.3) is 0 Å². The first-order valence-corrected chi connectivity index (χ1v) is 10.6. The number of fused-ring (bicyclic) bond motifs is 1. The van der Waals surface area contributed by atoms with Crippen LogP contribution in [-0.2, 0) is 6.54 Å². The van der Waals surface area contributed by atoms with Gasteiger partial charge < -0.3 is 9.47 Å². The summed E-state index contributed by atoms with van der Waals surface area (Å²) in [7, 11) is 0. The number of ether oxygens (including phenoxy) is 2.